The van der Waals surface area contributed by atoms with Crippen molar-refractivity contribution in [3.8, 4) is 0 Å². The summed E-state index contributed by atoms with van der Waals surface area (Å²) < 4.78 is 36.9. The highest BCUT2D eigenvalue weighted by Gasteiger charge is 2.26. The van der Waals surface area contributed by atoms with Crippen LogP contribution in [0.25, 0.3) is 0 Å². The van der Waals surface area contributed by atoms with Crippen molar-refractivity contribution in [3.05, 3.63) is 29.3 Å². The molecular weight excluding hydrogens is 350 g/mol. The predicted molar refractivity (Wildman–Crippen MR) is 89.8 cm³/mol. The molecule has 0 aliphatic carbocycles. The highest BCUT2D eigenvalue weighted by Crippen LogP contribution is 2.18. The number of ether oxygens (including phenoxy) is 2. The maximum absolute atomic E-state index is 12.6. The lowest BCUT2D eigenvalue weighted by Gasteiger charge is -2.15. The van der Waals surface area contributed by atoms with E-state index in [0.29, 0.717) is 12.0 Å². The van der Waals surface area contributed by atoms with Crippen LogP contribution in [0.4, 0.5) is 0 Å². The average molecular weight is 373 g/mol. The molecular formula is C16H23NO7S. The number of rotatable bonds is 10. The Balaban J connectivity index is 3.23. The number of methoxy groups -OCH3 is 2. The molecule has 1 aromatic rings. The van der Waals surface area contributed by atoms with Crippen LogP contribution < -0.4 is 4.72 Å². The first-order valence-electron chi connectivity index (χ1n) is 7.71. The zero-order valence-electron chi connectivity index (χ0n) is 14.4. The van der Waals surface area contributed by atoms with Crippen LogP contribution in [0.5, 0.6) is 0 Å². The molecule has 0 aromatic heterocycles. The Morgan fingerprint density at radius 2 is 1.92 bits per heavy atom. The van der Waals surface area contributed by atoms with E-state index >= 15 is 0 Å². The van der Waals surface area contributed by atoms with Gasteiger partial charge in [0, 0.05) is 7.11 Å². The van der Waals surface area contributed by atoms with Gasteiger partial charge in [0.1, 0.15) is 6.04 Å². The molecule has 1 aromatic carbocycles. The van der Waals surface area contributed by atoms with Crippen molar-refractivity contribution >= 4 is 22.0 Å². The number of hydrogen-bond acceptors (Lipinski definition) is 6. The molecule has 1 rings (SSSR count). The third-order valence-corrected chi connectivity index (χ3v) is 4.90. The number of nitrogens with one attached hydrogen (secondary N) is 1. The lowest BCUT2D eigenvalue weighted by molar-refractivity contribution is -0.139. The van der Waals surface area contributed by atoms with Crippen molar-refractivity contribution in [2.24, 2.45) is 0 Å². The van der Waals surface area contributed by atoms with Gasteiger partial charge in [-0.05, 0) is 30.2 Å². The van der Waals surface area contributed by atoms with Crippen LogP contribution in [0, 0.1) is 0 Å². The minimum Gasteiger partial charge on any atom is -0.480 e. The van der Waals surface area contributed by atoms with Gasteiger partial charge in [0.25, 0.3) is 0 Å². The third kappa shape index (κ3) is 6.11. The van der Waals surface area contributed by atoms with Crippen molar-refractivity contribution in [1.29, 1.82) is 0 Å². The zero-order valence-corrected chi connectivity index (χ0v) is 15.3. The van der Waals surface area contributed by atoms with Gasteiger partial charge >= 0.3 is 11.9 Å². The van der Waals surface area contributed by atoms with Gasteiger partial charge in [0.05, 0.1) is 24.2 Å². The lowest BCUT2D eigenvalue weighted by Crippen LogP contribution is -2.40. The van der Waals surface area contributed by atoms with Crippen LogP contribution in [-0.4, -0.2) is 45.7 Å². The first-order chi connectivity index (χ1) is 11.7. The standard InChI is InChI=1S/C16H23NO7S/c1-4-5-6-14(15(18)19)17-25(21,22)13-8-11(10-23-2)7-12(9-13)16(20)24-3/h7-9,14,17H,4-6,10H2,1-3H3,(H,18,19)/t14-/m0/s1. The van der Waals surface area contributed by atoms with E-state index in [9.17, 15) is 23.1 Å². The summed E-state index contributed by atoms with van der Waals surface area (Å²) in [5, 5.41) is 9.21. The maximum Gasteiger partial charge on any atom is 0.337 e. The minimum absolute atomic E-state index is 0.0397. The van der Waals surface area contributed by atoms with Gasteiger partial charge in [-0.1, -0.05) is 19.8 Å². The number of unbranched alkanes of at least 4 members (excludes halogenated alkanes) is 1. The topological polar surface area (TPSA) is 119 Å². The Morgan fingerprint density at radius 3 is 2.44 bits per heavy atom. The smallest absolute Gasteiger partial charge is 0.337 e. The molecule has 140 valence electrons. The third-order valence-electron chi connectivity index (χ3n) is 3.45. The first-order valence-corrected chi connectivity index (χ1v) is 9.19. The SMILES string of the molecule is CCCC[C@H](NS(=O)(=O)c1cc(COC)cc(C(=O)OC)c1)C(=O)O. The molecule has 25 heavy (non-hydrogen) atoms. The summed E-state index contributed by atoms with van der Waals surface area (Å²) in [7, 11) is -1.52. The molecule has 0 fully saturated rings. The Hall–Kier alpha value is -1.97. The van der Waals surface area contributed by atoms with Gasteiger partial charge in [-0.25, -0.2) is 13.2 Å². The minimum atomic E-state index is -4.13. The summed E-state index contributed by atoms with van der Waals surface area (Å²) in [5.41, 5.74) is 0.490. The molecule has 0 radical (unpaired) electrons. The van der Waals surface area contributed by atoms with Gasteiger partial charge in [0.15, 0.2) is 0 Å². The molecule has 0 spiro atoms. The first kappa shape index (κ1) is 21.1. The molecule has 2 N–H and O–H groups in total. The van der Waals surface area contributed by atoms with Crippen molar-refractivity contribution in [1.82, 2.24) is 4.72 Å². The van der Waals surface area contributed by atoms with Crippen molar-refractivity contribution in [2.45, 2.75) is 43.7 Å². The monoisotopic (exact) mass is 373 g/mol. The highest BCUT2D eigenvalue weighted by atomic mass is 32.2. The van der Waals surface area contributed by atoms with E-state index in [2.05, 4.69) is 9.46 Å². The van der Waals surface area contributed by atoms with Gasteiger partial charge in [-0.2, -0.15) is 4.72 Å². The summed E-state index contributed by atoms with van der Waals surface area (Å²) in [4.78, 5) is 22.8. The molecule has 0 aliphatic heterocycles. The summed E-state index contributed by atoms with van der Waals surface area (Å²) >= 11 is 0. The van der Waals surface area contributed by atoms with Crippen LogP contribution in [0.15, 0.2) is 23.1 Å². The van der Waals surface area contributed by atoms with E-state index in [1.807, 2.05) is 6.92 Å². The molecule has 0 bridgehead atoms. The number of sulfonamides is 1. The number of carbonyl (C=O) groups is 2. The van der Waals surface area contributed by atoms with Crippen LogP contribution in [-0.2, 0) is 30.9 Å². The molecule has 1 atom stereocenters. The molecule has 0 saturated carbocycles. The predicted octanol–water partition coefficient (Wildman–Crippen LogP) is 1.54. The Labute approximate surface area is 147 Å². The number of hydrogen-bond donors (Lipinski definition) is 2. The van der Waals surface area contributed by atoms with Gasteiger partial charge < -0.3 is 14.6 Å². The lowest BCUT2D eigenvalue weighted by atomic mass is 10.1. The summed E-state index contributed by atoms with van der Waals surface area (Å²) in [6.07, 6.45) is 1.48. The van der Waals surface area contributed by atoms with Crippen LogP contribution >= 0.6 is 0 Å². The van der Waals surface area contributed by atoms with E-state index < -0.39 is 28.0 Å². The second-order valence-electron chi connectivity index (χ2n) is 5.44. The van der Waals surface area contributed by atoms with E-state index in [0.717, 1.165) is 12.5 Å². The van der Waals surface area contributed by atoms with Gasteiger partial charge in [0.2, 0.25) is 10.0 Å². The number of esters is 1. The quantitative estimate of drug-likeness (QED) is 0.597. The van der Waals surface area contributed by atoms with Crippen molar-refractivity contribution in [3.63, 3.8) is 0 Å². The van der Waals surface area contributed by atoms with E-state index in [1.54, 1.807) is 0 Å². The molecule has 0 saturated heterocycles. The Bertz CT molecular complexity index is 715. The second kappa shape index (κ2) is 9.50. The van der Waals surface area contributed by atoms with E-state index in [1.165, 1.54) is 26.4 Å². The van der Waals surface area contributed by atoms with E-state index in [4.69, 9.17) is 4.74 Å². The number of carbonyl (C=O) groups excluding carboxylic acids is 1. The maximum atomic E-state index is 12.6. The second-order valence-corrected chi connectivity index (χ2v) is 7.16. The largest absolute Gasteiger partial charge is 0.480 e. The van der Waals surface area contributed by atoms with E-state index in [-0.39, 0.29) is 23.5 Å². The summed E-state index contributed by atoms with van der Waals surface area (Å²) in [5.74, 6) is -1.95. The fourth-order valence-corrected chi connectivity index (χ4v) is 3.52. The van der Waals surface area contributed by atoms with Crippen molar-refractivity contribution in [2.75, 3.05) is 14.2 Å². The molecule has 0 aliphatic rings. The van der Waals surface area contributed by atoms with Crippen LogP contribution in [0.1, 0.15) is 42.1 Å². The van der Waals surface area contributed by atoms with Crippen molar-refractivity contribution < 1.29 is 32.6 Å². The molecule has 9 heteroatoms. The summed E-state index contributed by atoms with van der Waals surface area (Å²) in [6.45, 7) is 1.97. The number of aliphatic carboxylic acids is 1. The fourth-order valence-electron chi connectivity index (χ4n) is 2.20. The number of carboxylic acid groups (broad SMARTS) is 1. The average Bonchev–Trinajstić information content (AvgIpc) is 2.57. The molecule has 0 heterocycles. The Kier molecular flexibility index (Phi) is 8.01. The zero-order chi connectivity index (χ0) is 19.0. The van der Waals surface area contributed by atoms with Gasteiger partial charge in [-0.3, -0.25) is 4.79 Å². The number of carboxylic acids is 1. The normalized spacial score (nSPS) is 12.6. The Morgan fingerprint density at radius 1 is 1.24 bits per heavy atom. The summed E-state index contributed by atoms with van der Waals surface area (Å²) in [6, 6.07) is 2.70. The molecule has 8 nitrogen and oxygen atoms in total. The highest BCUT2D eigenvalue weighted by molar-refractivity contribution is 7.89. The van der Waals surface area contributed by atoms with Gasteiger partial charge in [-0.15, -0.1) is 0 Å². The molecule has 0 unspecified atom stereocenters. The molecule has 0 amide bonds. The van der Waals surface area contributed by atoms with Crippen LogP contribution in [0.3, 0.4) is 0 Å². The number of benzene rings is 1. The fraction of sp³-hybridized carbons (Fsp3) is 0.500. The van der Waals surface area contributed by atoms with Crippen LogP contribution in [0.2, 0.25) is 0 Å².